The molecule has 0 aliphatic rings. The first-order valence-electron chi connectivity index (χ1n) is 6.49. The molecule has 0 fully saturated rings. The van der Waals surface area contributed by atoms with Gasteiger partial charge >= 0.3 is 0 Å². The highest BCUT2D eigenvalue weighted by Gasteiger charge is 2.10. The molecule has 0 bridgehead atoms. The molecule has 2 aromatic rings. The fourth-order valence-corrected chi connectivity index (χ4v) is 1.96. The lowest BCUT2D eigenvalue weighted by Gasteiger charge is -2.12. The summed E-state index contributed by atoms with van der Waals surface area (Å²) in [5.74, 6) is 0.638. The molecule has 1 aromatic heterocycles. The maximum absolute atomic E-state index is 9.05. The number of hydrogen-bond donors (Lipinski definition) is 3. The third kappa shape index (κ3) is 3.70. The number of aromatic nitrogens is 1. The van der Waals surface area contributed by atoms with Gasteiger partial charge in [0, 0.05) is 18.4 Å². The van der Waals surface area contributed by atoms with Gasteiger partial charge in [-0.15, -0.1) is 0 Å². The number of benzene rings is 1. The maximum atomic E-state index is 9.05. The Balaban J connectivity index is 2.17. The second kappa shape index (κ2) is 7.25. The maximum Gasteiger partial charge on any atom is 0.189 e. The number of hydrogen-bond acceptors (Lipinski definition) is 5. The van der Waals surface area contributed by atoms with E-state index < -0.39 is 0 Å². The van der Waals surface area contributed by atoms with E-state index in [0.717, 1.165) is 5.56 Å². The van der Waals surface area contributed by atoms with Crippen LogP contribution in [0.15, 0.2) is 47.8 Å². The van der Waals surface area contributed by atoms with Gasteiger partial charge in [-0.1, -0.05) is 29.4 Å². The van der Waals surface area contributed by atoms with Crippen LogP contribution in [0, 0.1) is 0 Å². The second-order valence-electron chi connectivity index (χ2n) is 4.37. The van der Waals surface area contributed by atoms with Gasteiger partial charge < -0.3 is 20.8 Å². The van der Waals surface area contributed by atoms with E-state index in [1.807, 2.05) is 24.3 Å². The van der Waals surface area contributed by atoms with E-state index in [0.29, 0.717) is 23.4 Å². The molecule has 2 rings (SSSR count). The SMILES string of the molecule is N/C(=N/O)c1ncccc1COc1ccccc1CCO. The first kappa shape index (κ1) is 14.8. The summed E-state index contributed by atoms with van der Waals surface area (Å²) in [6.07, 6.45) is 2.09. The van der Waals surface area contributed by atoms with Crippen LogP contribution in [0.5, 0.6) is 5.75 Å². The number of ether oxygens (including phenoxy) is 1. The predicted molar refractivity (Wildman–Crippen MR) is 78.3 cm³/mol. The van der Waals surface area contributed by atoms with Crippen molar-refractivity contribution >= 4 is 5.84 Å². The zero-order valence-electron chi connectivity index (χ0n) is 11.4. The smallest absolute Gasteiger partial charge is 0.189 e. The summed E-state index contributed by atoms with van der Waals surface area (Å²) in [4.78, 5) is 4.08. The average Bonchev–Trinajstić information content (AvgIpc) is 2.54. The molecule has 1 aromatic carbocycles. The number of aliphatic hydroxyl groups is 1. The summed E-state index contributed by atoms with van der Waals surface area (Å²) in [7, 11) is 0. The number of rotatable bonds is 6. The van der Waals surface area contributed by atoms with Crippen molar-refractivity contribution < 1.29 is 15.1 Å². The molecule has 21 heavy (non-hydrogen) atoms. The standard InChI is InChI=1S/C15H17N3O3/c16-15(18-20)14-12(5-3-8-17-14)10-21-13-6-2-1-4-11(13)7-9-19/h1-6,8,19-20H,7,9-10H2,(H2,16,18). The largest absolute Gasteiger partial charge is 0.489 e. The van der Waals surface area contributed by atoms with Gasteiger partial charge in [-0.3, -0.25) is 4.98 Å². The van der Waals surface area contributed by atoms with E-state index in [9.17, 15) is 0 Å². The van der Waals surface area contributed by atoms with Gasteiger partial charge in [0.2, 0.25) is 0 Å². The Hall–Kier alpha value is -2.60. The topological polar surface area (TPSA) is 101 Å². The normalized spacial score (nSPS) is 11.4. The van der Waals surface area contributed by atoms with Crippen molar-refractivity contribution in [3.63, 3.8) is 0 Å². The molecule has 0 aliphatic carbocycles. The van der Waals surface area contributed by atoms with E-state index in [1.54, 1.807) is 18.3 Å². The Morgan fingerprint density at radius 2 is 1.95 bits per heavy atom. The molecule has 0 aliphatic heterocycles. The Morgan fingerprint density at radius 3 is 2.71 bits per heavy atom. The first-order valence-corrected chi connectivity index (χ1v) is 6.49. The van der Waals surface area contributed by atoms with E-state index in [2.05, 4.69) is 10.1 Å². The molecule has 0 saturated carbocycles. The number of amidine groups is 1. The van der Waals surface area contributed by atoms with Crippen molar-refractivity contribution in [2.75, 3.05) is 6.61 Å². The van der Waals surface area contributed by atoms with Crippen molar-refractivity contribution in [3.05, 3.63) is 59.4 Å². The van der Waals surface area contributed by atoms with Crippen LogP contribution in [-0.4, -0.2) is 27.7 Å². The van der Waals surface area contributed by atoms with Gasteiger partial charge in [-0.25, -0.2) is 0 Å². The van der Waals surface area contributed by atoms with Crippen LogP contribution < -0.4 is 10.5 Å². The minimum absolute atomic E-state index is 0.0576. The van der Waals surface area contributed by atoms with Crippen LogP contribution in [0.25, 0.3) is 0 Å². The van der Waals surface area contributed by atoms with E-state index >= 15 is 0 Å². The van der Waals surface area contributed by atoms with Gasteiger partial charge in [0.05, 0.1) is 0 Å². The minimum atomic E-state index is -0.0576. The van der Waals surface area contributed by atoms with E-state index in [1.165, 1.54) is 0 Å². The second-order valence-corrected chi connectivity index (χ2v) is 4.37. The zero-order chi connectivity index (χ0) is 15.1. The number of nitrogens with zero attached hydrogens (tertiary/aromatic N) is 2. The van der Waals surface area contributed by atoms with Crippen molar-refractivity contribution in [3.8, 4) is 5.75 Å². The van der Waals surface area contributed by atoms with Crippen LogP contribution in [-0.2, 0) is 13.0 Å². The van der Waals surface area contributed by atoms with Crippen molar-refractivity contribution in [1.82, 2.24) is 4.98 Å². The summed E-state index contributed by atoms with van der Waals surface area (Å²) < 4.78 is 5.77. The molecule has 0 spiro atoms. The number of aliphatic hydroxyl groups excluding tert-OH is 1. The third-order valence-corrected chi connectivity index (χ3v) is 2.98. The quantitative estimate of drug-likeness (QED) is 0.322. The zero-order valence-corrected chi connectivity index (χ0v) is 11.4. The first-order chi connectivity index (χ1) is 10.3. The van der Waals surface area contributed by atoms with Crippen LogP contribution in [0.4, 0.5) is 0 Å². The monoisotopic (exact) mass is 287 g/mol. The van der Waals surface area contributed by atoms with Crippen molar-refractivity contribution in [2.24, 2.45) is 10.9 Å². The van der Waals surface area contributed by atoms with Crippen LogP contribution >= 0.6 is 0 Å². The molecule has 110 valence electrons. The van der Waals surface area contributed by atoms with E-state index in [4.69, 9.17) is 20.8 Å². The lowest BCUT2D eigenvalue weighted by atomic mass is 10.1. The molecule has 4 N–H and O–H groups in total. The molecule has 6 nitrogen and oxygen atoms in total. The fraction of sp³-hybridized carbons (Fsp3) is 0.200. The molecule has 0 unspecified atom stereocenters. The number of para-hydroxylation sites is 1. The van der Waals surface area contributed by atoms with Crippen molar-refractivity contribution in [2.45, 2.75) is 13.0 Å². The third-order valence-electron chi connectivity index (χ3n) is 2.98. The Labute approximate surface area is 122 Å². The highest BCUT2D eigenvalue weighted by Crippen LogP contribution is 2.20. The number of oxime groups is 1. The minimum Gasteiger partial charge on any atom is -0.489 e. The lowest BCUT2D eigenvalue weighted by molar-refractivity contribution is 0.283. The van der Waals surface area contributed by atoms with Gasteiger partial charge in [0.25, 0.3) is 0 Å². The van der Waals surface area contributed by atoms with Gasteiger partial charge in [0.1, 0.15) is 18.1 Å². The molecule has 6 heteroatoms. The Bertz CT molecular complexity index is 629. The molecular weight excluding hydrogens is 270 g/mol. The summed E-state index contributed by atoms with van der Waals surface area (Å²) >= 11 is 0. The number of nitrogens with two attached hydrogens (primary N) is 1. The Kier molecular flexibility index (Phi) is 5.11. The molecule has 0 amide bonds. The fourth-order valence-electron chi connectivity index (χ4n) is 1.96. The molecule has 0 saturated heterocycles. The van der Waals surface area contributed by atoms with Crippen LogP contribution in [0.2, 0.25) is 0 Å². The molecule has 1 heterocycles. The summed E-state index contributed by atoms with van der Waals surface area (Å²) in [6.45, 7) is 0.296. The average molecular weight is 287 g/mol. The number of pyridine rings is 1. The molecule has 0 atom stereocenters. The predicted octanol–water partition coefficient (Wildman–Crippen LogP) is 1.29. The highest BCUT2D eigenvalue weighted by atomic mass is 16.5. The van der Waals surface area contributed by atoms with E-state index in [-0.39, 0.29) is 19.0 Å². The van der Waals surface area contributed by atoms with Gasteiger partial charge in [-0.2, -0.15) is 0 Å². The summed E-state index contributed by atoms with van der Waals surface area (Å²) in [5.41, 5.74) is 7.62. The summed E-state index contributed by atoms with van der Waals surface area (Å²) in [5, 5.41) is 20.8. The molecule has 0 radical (unpaired) electrons. The Morgan fingerprint density at radius 1 is 1.19 bits per heavy atom. The van der Waals surface area contributed by atoms with Crippen molar-refractivity contribution in [1.29, 1.82) is 0 Å². The van der Waals surface area contributed by atoms with Gasteiger partial charge in [0.15, 0.2) is 5.84 Å². The molecular formula is C15H17N3O3. The summed E-state index contributed by atoms with van der Waals surface area (Å²) in [6, 6.07) is 11.1. The van der Waals surface area contributed by atoms with Crippen LogP contribution in [0.1, 0.15) is 16.8 Å². The highest BCUT2D eigenvalue weighted by molar-refractivity contribution is 5.96. The van der Waals surface area contributed by atoms with Crippen LogP contribution in [0.3, 0.4) is 0 Å². The van der Waals surface area contributed by atoms with Gasteiger partial charge in [-0.05, 0) is 24.1 Å². The lowest BCUT2D eigenvalue weighted by Crippen LogP contribution is -2.18.